The number of aliphatic carboxylic acids is 1. The maximum Gasteiger partial charge on any atom is 0.328 e. The van der Waals surface area contributed by atoms with Crippen molar-refractivity contribution in [3.8, 4) is 0 Å². The normalized spacial score (nSPS) is 22.9. The van der Waals surface area contributed by atoms with E-state index < -0.39 is 5.97 Å². The highest BCUT2D eigenvalue weighted by Crippen LogP contribution is 2.03. The topological polar surface area (TPSA) is 49.3 Å². The van der Waals surface area contributed by atoms with E-state index in [0.29, 0.717) is 0 Å². The second-order valence-electron chi connectivity index (χ2n) is 2.07. The minimum Gasteiger partial charge on any atom is -0.478 e. The molecule has 1 saturated heterocycles. The van der Waals surface area contributed by atoms with Crippen LogP contribution in [0.5, 0.6) is 0 Å². The summed E-state index contributed by atoms with van der Waals surface area (Å²) >= 11 is 0. The van der Waals surface area contributed by atoms with Crippen molar-refractivity contribution in [2.24, 2.45) is 0 Å². The summed E-state index contributed by atoms with van der Waals surface area (Å²) in [6.07, 6.45) is 2.16. The smallest absolute Gasteiger partial charge is 0.328 e. The third-order valence-corrected chi connectivity index (χ3v) is 1.30. The zero-order chi connectivity index (χ0) is 6.69. The number of hydrogen-bond donors (Lipinski definition) is 2. The van der Waals surface area contributed by atoms with Gasteiger partial charge in [-0.15, -0.1) is 0 Å². The molecule has 0 amide bonds. The molecule has 1 aliphatic heterocycles. The summed E-state index contributed by atoms with van der Waals surface area (Å²) in [7, 11) is 0. The van der Waals surface area contributed by atoms with Gasteiger partial charge in [0, 0.05) is 12.6 Å². The molecule has 0 aromatic heterocycles. The van der Waals surface area contributed by atoms with E-state index in [4.69, 9.17) is 5.11 Å². The molecule has 0 radical (unpaired) electrons. The highest BCUT2D eigenvalue weighted by atomic mass is 16.4. The second-order valence-corrected chi connectivity index (χ2v) is 2.07. The minimum absolute atomic E-state index is 0.742. The van der Waals surface area contributed by atoms with Gasteiger partial charge in [0.25, 0.3) is 0 Å². The Morgan fingerprint density at radius 1 is 1.78 bits per heavy atom. The summed E-state index contributed by atoms with van der Waals surface area (Å²) in [5, 5.41) is 11.3. The van der Waals surface area contributed by atoms with Crippen molar-refractivity contribution < 1.29 is 9.90 Å². The van der Waals surface area contributed by atoms with Crippen LogP contribution in [0.15, 0.2) is 11.6 Å². The summed E-state index contributed by atoms with van der Waals surface area (Å²) in [4.78, 5) is 10.1. The molecule has 0 aliphatic carbocycles. The number of nitrogens with one attached hydrogen (secondary N) is 1. The third kappa shape index (κ3) is 1.85. The minimum atomic E-state index is -0.839. The molecule has 1 aliphatic rings. The monoisotopic (exact) mass is 127 g/mol. The van der Waals surface area contributed by atoms with E-state index in [2.05, 4.69) is 5.32 Å². The molecule has 0 bridgehead atoms. The van der Waals surface area contributed by atoms with Gasteiger partial charge in [0.2, 0.25) is 0 Å². The zero-order valence-corrected chi connectivity index (χ0v) is 5.05. The number of carboxylic acids is 1. The van der Waals surface area contributed by atoms with E-state index in [1.54, 1.807) is 0 Å². The standard InChI is InChI=1S/C6H9NO2/c8-6(9)3-5-1-2-7-4-5/h3,7H,1-2,4H2,(H,8,9)/b5-3-. The Hall–Kier alpha value is -0.830. The lowest BCUT2D eigenvalue weighted by atomic mass is 10.2. The first-order chi connectivity index (χ1) is 4.29. The molecule has 0 atom stereocenters. The first-order valence-electron chi connectivity index (χ1n) is 2.92. The number of carboxylic acid groups (broad SMARTS) is 1. The molecular weight excluding hydrogens is 118 g/mol. The maximum atomic E-state index is 10.1. The molecule has 2 N–H and O–H groups in total. The Balaban J connectivity index is 2.49. The van der Waals surface area contributed by atoms with Crippen molar-refractivity contribution in [2.45, 2.75) is 6.42 Å². The van der Waals surface area contributed by atoms with Gasteiger partial charge in [0.15, 0.2) is 0 Å². The number of hydrogen-bond acceptors (Lipinski definition) is 2. The molecule has 3 nitrogen and oxygen atoms in total. The zero-order valence-electron chi connectivity index (χ0n) is 5.05. The van der Waals surface area contributed by atoms with Crippen LogP contribution in [-0.4, -0.2) is 24.2 Å². The van der Waals surface area contributed by atoms with Gasteiger partial charge in [-0.05, 0) is 18.5 Å². The van der Waals surface area contributed by atoms with Gasteiger partial charge in [0.1, 0.15) is 0 Å². The summed E-state index contributed by atoms with van der Waals surface area (Å²) in [6, 6.07) is 0. The van der Waals surface area contributed by atoms with Crippen LogP contribution in [0.2, 0.25) is 0 Å². The summed E-state index contributed by atoms with van der Waals surface area (Å²) in [6.45, 7) is 1.66. The van der Waals surface area contributed by atoms with Gasteiger partial charge in [-0.1, -0.05) is 0 Å². The van der Waals surface area contributed by atoms with Gasteiger partial charge in [-0.25, -0.2) is 4.79 Å². The third-order valence-electron chi connectivity index (χ3n) is 1.30. The molecule has 1 rings (SSSR count). The number of rotatable bonds is 1. The van der Waals surface area contributed by atoms with Crippen molar-refractivity contribution in [3.05, 3.63) is 11.6 Å². The van der Waals surface area contributed by atoms with Crippen molar-refractivity contribution in [3.63, 3.8) is 0 Å². The highest BCUT2D eigenvalue weighted by molar-refractivity contribution is 5.80. The molecule has 3 heteroatoms. The van der Waals surface area contributed by atoms with E-state index in [1.165, 1.54) is 6.08 Å². The molecule has 1 heterocycles. The molecule has 50 valence electrons. The average molecular weight is 127 g/mol. The highest BCUT2D eigenvalue weighted by Gasteiger charge is 2.05. The Labute approximate surface area is 53.4 Å². The largest absolute Gasteiger partial charge is 0.478 e. The maximum absolute atomic E-state index is 10.1. The van der Waals surface area contributed by atoms with Crippen LogP contribution in [0.3, 0.4) is 0 Å². The van der Waals surface area contributed by atoms with Gasteiger partial charge < -0.3 is 10.4 Å². The van der Waals surface area contributed by atoms with Gasteiger partial charge in [-0.3, -0.25) is 0 Å². The molecule has 9 heavy (non-hydrogen) atoms. The SMILES string of the molecule is O=C(O)/C=C1/CCNC1. The number of carbonyl (C=O) groups is 1. The predicted molar refractivity (Wildman–Crippen MR) is 33.2 cm³/mol. The van der Waals surface area contributed by atoms with Crippen LogP contribution in [-0.2, 0) is 4.79 Å². The van der Waals surface area contributed by atoms with E-state index in [-0.39, 0.29) is 0 Å². The predicted octanol–water partition coefficient (Wildman–Crippen LogP) is -0.00930. The Morgan fingerprint density at radius 2 is 2.56 bits per heavy atom. The molecule has 0 spiro atoms. The summed E-state index contributed by atoms with van der Waals surface area (Å²) in [5.74, 6) is -0.839. The van der Waals surface area contributed by atoms with Crippen molar-refractivity contribution >= 4 is 5.97 Å². The lowest BCUT2D eigenvalue weighted by Crippen LogP contribution is -2.05. The van der Waals surface area contributed by atoms with Gasteiger partial charge >= 0.3 is 5.97 Å². The lowest BCUT2D eigenvalue weighted by Gasteiger charge is -1.87. The summed E-state index contributed by atoms with van der Waals surface area (Å²) < 4.78 is 0. The first kappa shape index (κ1) is 6.29. The molecular formula is C6H9NO2. The Bertz CT molecular complexity index is 143. The average Bonchev–Trinajstić information content (AvgIpc) is 2.15. The fraction of sp³-hybridized carbons (Fsp3) is 0.500. The van der Waals surface area contributed by atoms with Crippen LogP contribution < -0.4 is 5.32 Å². The first-order valence-corrected chi connectivity index (χ1v) is 2.92. The van der Waals surface area contributed by atoms with Crippen molar-refractivity contribution in [1.29, 1.82) is 0 Å². The van der Waals surface area contributed by atoms with Crippen molar-refractivity contribution in [1.82, 2.24) is 5.32 Å². The fourth-order valence-electron chi connectivity index (χ4n) is 0.884. The van der Waals surface area contributed by atoms with E-state index in [1.807, 2.05) is 0 Å². The Kier molecular flexibility index (Phi) is 1.85. The molecule has 0 unspecified atom stereocenters. The van der Waals surface area contributed by atoms with Crippen LogP contribution in [0.4, 0.5) is 0 Å². The van der Waals surface area contributed by atoms with Gasteiger partial charge in [0.05, 0.1) is 0 Å². The fourth-order valence-corrected chi connectivity index (χ4v) is 0.884. The molecule has 1 fully saturated rings. The molecule has 0 saturated carbocycles. The lowest BCUT2D eigenvalue weighted by molar-refractivity contribution is -0.131. The van der Waals surface area contributed by atoms with Crippen LogP contribution in [0.25, 0.3) is 0 Å². The quantitative estimate of drug-likeness (QED) is 0.487. The van der Waals surface area contributed by atoms with Crippen LogP contribution >= 0.6 is 0 Å². The van der Waals surface area contributed by atoms with Crippen LogP contribution in [0, 0.1) is 0 Å². The van der Waals surface area contributed by atoms with E-state index >= 15 is 0 Å². The molecule has 0 aromatic carbocycles. The van der Waals surface area contributed by atoms with Gasteiger partial charge in [-0.2, -0.15) is 0 Å². The van der Waals surface area contributed by atoms with Crippen molar-refractivity contribution in [2.75, 3.05) is 13.1 Å². The summed E-state index contributed by atoms with van der Waals surface area (Å²) in [5.41, 5.74) is 0.988. The van der Waals surface area contributed by atoms with Crippen LogP contribution in [0.1, 0.15) is 6.42 Å². The Morgan fingerprint density at radius 3 is 3.00 bits per heavy atom. The van der Waals surface area contributed by atoms with E-state index in [9.17, 15) is 4.79 Å². The van der Waals surface area contributed by atoms with E-state index in [0.717, 1.165) is 25.1 Å². The molecule has 0 aromatic rings. The second kappa shape index (κ2) is 2.64.